The summed E-state index contributed by atoms with van der Waals surface area (Å²) in [5.41, 5.74) is 1.96. The van der Waals surface area contributed by atoms with Crippen LogP contribution in [0.4, 0.5) is 4.39 Å². The number of halogens is 1. The zero-order valence-corrected chi connectivity index (χ0v) is 12.1. The number of rotatable bonds is 5. The molecule has 0 radical (unpaired) electrons. The van der Waals surface area contributed by atoms with Gasteiger partial charge in [0.1, 0.15) is 5.82 Å². The van der Waals surface area contributed by atoms with E-state index < -0.39 is 0 Å². The largest absolute Gasteiger partial charge is 0.381 e. The Morgan fingerprint density at radius 2 is 2.32 bits per heavy atom. The van der Waals surface area contributed by atoms with E-state index >= 15 is 0 Å². The maximum Gasteiger partial charge on any atom is 0.254 e. The lowest BCUT2D eigenvalue weighted by Gasteiger charge is -2.09. The number of benzene rings is 1. The van der Waals surface area contributed by atoms with Crippen molar-refractivity contribution in [3.8, 4) is 0 Å². The molecule has 0 bridgehead atoms. The van der Waals surface area contributed by atoms with Crippen molar-refractivity contribution in [2.75, 3.05) is 19.8 Å². The van der Waals surface area contributed by atoms with Crippen LogP contribution in [0.2, 0.25) is 0 Å². The second kappa shape index (κ2) is 6.70. The molecule has 0 spiro atoms. The van der Waals surface area contributed by atoms with Crippen LogP contribution in [0.25, 0.3) is 0 Å². The van der Waals surface area contributed by atoms with Gasteiger partial charge in [0.15, 0.2) is 0 Å². The Kier molecular flexibility index (Phi) is 4.48. The summed E-state index contributed by atoms with van der Waals surface area (Å²) in [5, 5.41) is 9.68. The van der Waals surface area contributed by atoms with Gasteiger partial charge in [-0.3, -0.25) is 9.89 Å². The standard InChI is InChI=1S/C16H18FN3O2/c17-14-4-2-1-3-11(14)5-7-18-16(21)13-9-19-20-15(13)12-6-8-22-10-12/h1-4,9,12H,5-8,10H2,(H,18,21)(H,19,20)/t12-/m0/s1. The van der Waals surface area contributed by atoms with Crippen molar-refractivity contribution in [2.24, 2.45) is 0 Å². The van der Waals surface area contributed by atoms with Gasteiger partial charge in [0.25, 0.3) is 5.91 Å². The maximum absolute atomic E-state index is 13.5. The molecule has 22 heavy (non-hydrogen) atoms. The number of hydrogen-bond donors (Lipinski definition) is 2. The van der Waals surface area contributed by atoms with Crippen molar-refractivity contribution in [1.82, 2.24) is 15.5 Å². The average molecular weight is 303 g/mol. The van der Waals surface area contributed by atoms with E-state index in [1.165, 1.54) is 12.3 Å². The third-order valence-corrected chi connectivity index (χ3v) is 3.89. The van der Waals surface area contributed by atoms with Gasteiger partial charge in [0.2, 0.25) is 0 Å². The minimum atomic E-state index is -0.246. The molecule has 1 fully saturated rings. The van der Waals surface area contributed by atoms with Crippen LogP contribution >= 0.6 is 0 Å². The number of carbonyl (C=O) groups is 1. The second-order valence-electron chi connectivity index (χ2n) is 5.36. The molecule has 2 heterocycles. The first-order valence-corrected chi connectivity index (χ1v) is 7.38. The fourth-order valence-corrected chi connectivity index (χ4v) is 2.66. The van der Waals surface area contributed by atoms with Crippen LogP contribution in [0.5, 0.6) is 0 Å². The molecule has 0 saturated carbocycles. The highest BCUT2D eigenvalue weighted by Gasteiger charge is 2.25. The van der Waals surface area contributed by atoms with E-state index in [0.29, 0.717) is 37.3 Å². The van der Waals surface area contributed by atoms with E-state index in [9.17, 15) is 9.18 Å². The van der Waals surface area contributed by atoms with Crippen molar-refractivity contribution in [2.45, 2.75) is 18.8 Å². The summed E-state index contributed by atoms with van der Waals surface area (Å²) in [5.74, 6) is -0.245. The summed E-state index contributed by atoms with van der Waals surface area (Å²) >= 11 is 0. The Balaban J connectivity index is 1.58. The Morgan fingerprint density at radius 3 is 3.09 bits per heavy atom. The van der Waals surface area contributed by atoms with Crippen molar-refractivity contribution in [3.63, 3.8) is 0 Å². The van der Waals surface area contributed by atoms with Crippen molar-refractivity contribution in [3.05, 3.63) is 53.1 Å². The number of H-pyrrole nitrogens is 1. The predicted octanol–water partition coefficient (Wildman–Crippen LogP) is 2.03. The van der Waals surface area contributed by atoms with E-state index in [1.54, 1.807) is 18.2 Å². The number of ether oxygens (including phenoxy) is 1. The van der Waals surface area contributed by atoms with Crippen LogP contribution in [0.3, 0.4) is 0 Å². The molecule has 1 aliphatic heterocycles. The number of carbonyl (C=O) groups excluding carboxylic acids is 1. The first-order chi connectivity index (χ1) is 10.8. The van der Waals surface area contributed by atoms with E-state index in [1.807, 2.05) is 0 Å². The summed E-state index contributed by atoms with van der Waals surface area (Å²) < 4.78 is 18.9. The third-order valence-electron chi connectivity index (χ3n) is 3.89. The molecule has 6 heteroatoms. The van der Waals surface area contributed by atoms with Gasteiger partial charge >= 0.3 is 0 Å². The first-order valence-electron chi connectivity index (χ1n) is 7.38. The quantitative estimate of drug-likeness (QED) is 0.888. The number of hydrogen-bond acceptors (Lipinski definition) is 3. The Morgan fingerprint density at radius 1 is 1.45 bits per heavy atom. The molecule has 2 aromatic rings. The molecule has 1 atom stereocenters. The van der Waals surface area contributed by atoms with Crippen molar-refractivity contribution >= 4 is 5.91 Å². The Bertz CT molecular complexity index is 650. The van der Waals surface area contributed by atoms with Gasteiger partial charge in [-0.05, 0) is 24.5 Å². The molecule has 1 aliphatic rings. The van der Waals surface area contributed by atoms with Crippen LogP contribution in [0, 0.1) is 5.82 Å². The summed E-state index contributed by atoms with van der Waals surface area (Å²) in [6.45, 7) is 1.70. The van der Waals surface area contributed by atoms with Crippen LogP contribution in [0.15, 0.2) is 30.5 Å². The van der Waals surface area contributed by atoms with E-state index in [4.69, 9.17) is 4.74 Å². The molecule has 1 aromatic carbocycles. The van der Waals surface area contributed by atoms with Gasteiger partial charge in [-0.1, -0.05) is 18.2 Å². The highest BCUT2D eigenvalue weighted by Crippen LogP contribution is 2.25. The first kappa shape index (κ1) is 14.7. The molecular formula is C16H18FN3O2. The lowest BCUT2D eigenvalue weighted by Crippen LogP contribution is -2.27. The summed E-state index contributed by atoms with van der Waals surface area (Å²) in [6, 6.07) is 6.58. The maximum atomic E-state index is 13.5. The average Bonchev–Trinajstić information content (AvgIpc) is 3.19. The summed E-state index contributed by atoms with van der Waals surface area (Å²) in [4.78, 5) is 12.3. The van der Waals surface area contributed by atoms with E-state index in [2.05, 4.69) is 15.5 Å². The van der Waals surface area contributed by atoms with Gasteiger partial charge in [0.05, 0.1) is 24.1 Å². The zero-order chi connectivity index (χ0) is 15.4. The van der Waals surface area contributed by atoms with Crippen LogP contribution in [-0.4, -0.2) is 35.9 Å². The van der Waals surface area contributed by atoms with Gasteiger partial charge < -0.3 is 10.1 Å². The molecule has 5 nitrogen and oxygen atoms in total. The molecule has 2 N–H and O–H groups in total. The SMILES string of the molecule is O=C(NCCc1ccccc1F)c1cn[nH]c1[C@H]1CCOC1. The molecule has 1 aromatic heterocycles. The second-order valence-corrected chi connectivity index (χ2v) is 5.36. The predicted molar refractivity (Wildman–Crippen MR) is 79.2 cm³/mol. The molecule has 0 unspecified atom stereocenters. The molecule has 1 saturated heterocycles. The van der Waals surface area contributed by atoms with Gasteiger partial charge in [-0.2, -0.15) is 5.10 Å². The van der Waals surface area contributed by atoms with Gasteiger partial charge in [-0.25, -0.2) is 4.39 Å². The minimum Gasteiger partial charge on any atom is -0.381 e. The molecule has 0 aliphatic carbocycles. The minimum absolute atomic E-state index is 0.188. The Labute approximate surface area is 127 Å². The van der Waals surface area contributed by atoms with E-state index in [0.717, 1.165) is 12.1 Å². The smallest absolute Gasteiger partial charge is 0.254 e. The number of aromatic nitrogens is 2. The number of aromatic amines is 1. The van der Waals surface area contributed by atoms with Crippen LogP contribution < -0.4 is 5.32 Å². The van der Waals surface area contributed by atoms with E-state index in [-0.39, 0.29) is 17.6 Å². The highest BCUT2D eigenvalue weighted by atomic mass is 19.1. The zero-order valence-electron chi connectivity index (χ0n) is 12.1. The Hall–Kier alpha value is -2.21. The number of nitrogens with one attached hydrogen (secondary N) is 2. The third kappa shape index (κ3) is 3.17. The number of amides is 1. The summed E-state index contributed by atoms with van der Waals surface area (Å²) in [7, 11) is 0. The molecule has 3 rings (SSSR count). The topological polar surface area (TPSA) is 67.0 Å². The van der Waals surface area contributed by atoms with Gasteiger partial charge in [-0.15, -0.1) is 0 Å². The normalized spacial score (nSPS) is 17.6. The molecule has 116 valence electrons. The summed E-state index contributed by atoms with van der Waals surface area (Å²) in [6.07, 6.45) is 2.88. The molecular weight excluding hydrogens is 285 g/mol. The fraction of sp³-hybridized carbons (Fsp3) is 0.375. The van der Waals surface area contributed by atoms with Gasteiger partial charge in [0, 0.05) is 19.1 Å². The monoisotopic (exact) mass is 303 g/mol. The van der Waals surface area contributed by atoms with Crippen LogP contribution in [-0.2, 0) is 11.2 Å². The van der Waals surface area contributed by atoms with Crippen molar-refractivity contribution in [1.29, 1.82) is 0 Å². The van der Waals surface area contributed by atoms with Crippen molar-refractivity contribution < 1.29 is 13.9 Å². The highest BCUT2D eigenvalue weighted by molar-refractivity contribution is 5.95. The fourth-order valence-electron chi connectivity index (χ4n) is 2.66. The lowest BCUT2D eigenvalue weighted by atomic mass is 10.0. The van der Waals surface area contributed by atoms with Crippen LogP contribution in [0.1, 0.15) is 34.0 Å². The lowest BCUT2D eigenvalue weighted by molar-refractivity contribution is 0.0952. The number of nitrogens with zero attached hydrogens (tertiary/aromatic N) is 1. The molecule has 1 amide bonds.